The summed E-state index contributed by atoms with van der Waals surface area (Å²) in [6.45, 7) is 0. The molecule has 128 valence electrons. The Labute approximate surface area is 143 Å². The number of anilines is 2. The van der Waals surface area contributed by atoms with E-state index in [0.717, 1.165) is 12.2 Å². The number of benzene rings is 2. The summed E-state index contributed by atoms with van der Waals surface area (Å²) in [6, 6.07) is 13.2. The number of hydrogen-bond donors (Lipinski definition) is 3. The number of amides is 2. The van der Waals surface area contributed by atoms with E-state index in [9.17, 15) is 14.4 Å². The lowest BCUT2D eigenvalue weighted by atomic mass is 10.1. The number of methoxy groups -OCH3 is 1. The van der Waals surface area contributed by atoms with E-state index in [0.29, 0.717) is 11.4 Å². The summed E-state index contributed by atoms with van der Waals surface area (Å²) in [7, 11) is 1.55. The van der Waals surface area contributed by atoms with E-state index in [1.54, 1.807) is 55.6 Å². The van der Waals surface area contributed by atoms with Gasteiger partial charge in [-0.15, -0.1) is 0 Å². The Morgan fingerprint density at radius 1 is 0.960 bits per heavy atom. The molecule has 3 N–H and O–H groups in total. The number of para-hydroxylation sites is 1. The molecular weight excluding hydrogens is 324 g/mol. The van der Waals surface area contributed by atoms with Crippen LogP contribution in [0.3, 0.4) is 0 Å². The molecule has 2 amide bonds. The number of ether oxygens (including phenoxy) is 1. The maximum absolute atomic E-state index is 12.4. The number of nitrogens with one attached hydrogen (secondary N) is 2. The highest BCUT2D eigenvalue weighted by atomic mass is 16.5. The van der Waals surface area contributed by atoms with Gasteiger partial charge in [-0.3, -0.25) is 9.59 Å². The van der Waals surface area contributed by atoms with E-state index in [2.05, 4.69) is 10.6 Å². The van der Waals surface area contributed by atoms with Crippen LogP contribution in [0.4, 0.5) is 11.4 Å². The van der Waals surface area contributed by atoms with E-state index >= 15 is 0 Å². The molecule has 0 unspecified atom stereocenters. The fraction of sp³-hybridized carbons (Fsp3) is 0.0556. The molecule has 0 fully saturated rings. The number of carboxylic acids is 1. The third-order valence-electron chi connectivity index (χ3n) is 3.15. The van der Waals surface area contributed by atoms with Crippen LogP contribution in [-0.2, 0) is 9.59 Å². The van der Waals surface area contributed by atoms with Crippen LogP contribution in [0, 0.1) is 0 Å². The molecule has 2 rings (SSSR count). The summed E-state index contributed by atoms with van der Waals surface area (Å²) in [6.07, 6.45) is 1.59. The molecule has 0 spiro atoms. The highest BCUT2D eigenvalue weighted by molar-refractivity contribution is 6.11. The average molecular weight is 340 g/mol. The van der Waals surface area contributed by atoms with E-state index in [-0.39, 0.29) is 11.3 Å². The second-order valence-corrected chi connectivity index (χ2v) is 4.89. The van der Waals surface area contributed by atoms with Crippen molar-refractivity contribution in [2.24, 2.45) is 0 Å². The Bertz CT molecular complexity index is 812. The summed E-state index contributed by atoms with van der Waals surface area (Å²) in [5.74, 6) is -1.63. The second-order valence-electron chi connectivity index (χ2n) is 4.89. The van der Waals surface area contributed by atoms with Crippen molar-refractivity contribution in [1.82, 2.24) is 0 Å². The molecule has 0 heterocycles. The lowest BCUT2D eigenvalue weighted by Gasteiger charge is -2.11. The minimum atomic E-state index is -1.24. The molecule has 2 aromatic carbocycles. The maximum Gasteiger partial charge on any atom is 0.328 e. The highest BCUT2D eigenvalue weighted by Gasteiger charge is 2.12. The fourth-order valence-electron chi connectivity index (χ4n) is 1.98. The Morgan fingerprint density at radius 3 is 2.28 bits per heavy atom. The van der Waals surface area contributed by atoms with Crippen molar-refractivity contribution in [2.75, 3.05) is 17.7 Å². The number of carbonyl (C=O) groups is 3. The zero-order valence-corrected chi connectivity index (χ0v) is 13.4. The number of rotatable bonds is 6. The Kier molecular flexibility index (Phi) is 5.89. The zero-order chi connectivity index (χ0) is 18.2. The minimum absolute atomic E-state index is 0.246. The summed E-state index contributed by atoms with van der Waals surface area (Å²) < 4.78 is 5.05. The summed E-state index contributed by atoms with van der Waals surface area (Å²) in [5, 5.41) is 13.7. The van der Waals surface area contributed by atoms with Crippen molar-refractivity contribution in [2.45, 2.75) is 0 Å². The van der Waals surface area contributed by atoms with Gasteiger partial charge in [-0.25, -0.2) is 4.79 Å². The third kappa shape index (κ3) is 5.21. The number of carboxylic acid groups (broad SMARTS) is 1. The van der Waals surface area contributed by atoms with Crippen molar-refractivity contribution < 1.29 is 24.2 Å². The molecule has 0 aliphatic rings. The van der Waals surface area contributed by atoms with Gasteiger partial charge in [0.25, 0.3) is 5.91 Å². The first-order valence-electron chi connectivity index (χ1n) is 7.26. The largest absolute Gasteiger partial charge is 0.497 e. The van der Waals surface area contributed by atoms with Crippen molar-refractivity contribution in [1.29, 1.82) is 0 Å². The number of carbonyl (C=O) groups excluding carboxylic acids is 2. The predicted octanol–water partition coefficient (Wildman–Crippen LogP) is 2.53. The lowest BCUT2D eigenvalue weighted by Crippen LogP contribution is -2.17. The minimum Gasteiger partial charge on any atom is -0.497 e. The van der Waals surface area contributed by atoms with Crippen molar-refractivity contribution in [3.8, 4) is 5.75 Å². The Hall–Kier alpha value is -3.61. The third-order valence-corrected chi connectivity index (χ3v) is 3.15. The van der Waals surface area contributed by atoms with Crippen LogP contribution in [0.25, 0.3) is 0 Å². The molecule has 25 heavy (non-hydrogen) atoms. The smallest absolute Gasteiger partial charge is 0.328 e. The second kappa shape index (κ2) is 8.30. The van der Waals surface area contributed by atoms with Gasteiger partial charge in [-0.1, -0.05) is 12.1 Å². The molecule has 7 nitrogen and oxygen atoms in total. The normalized spacial score (nSPS) is 10.3. The first-order chi connectivity index (χ1) is 12.0. The van der Waals surface area contributed by atoms with Crippen molar-refractivity contribution in [3.05, 3.63) is 66.2 Å². The molecular formula is C18H16N2O5. The topological polar surface area (TPSA) is 105 Å². The van der Waals surface area contributed by atoms with Crippen LogP contribution < -0.4 is 15.4 Å². The van der Waals surface area contributed by atoms with E-state index < -0.39 is 17.8 Å². The summed E-state index contributed by atoms with van der Waals surface area (Å²) in [5.41, 5.74) is 1.08. The molecule has 0 saturated carbocycles. The van der Waals surface area contributed by atoms with Crippen molar-refractivity contribution >= 4 is 29.2 Å². The first kappa shape index (κ1) is 17.7. The fourth-order valence-corrected chi connectivity index (χ4v) is 1.98. The van der Waals surface area contributed by atoms with E-state index in [1.165, 1.54) is 0 Å². The van der Waals surface area contributed by atoms with Gasteiger partial charge in [0.2, 0.25) is 5.91 Å². The van der Waals surface area contributed by atoms with Gasteiger partial charge < -0.3 is 20.5 Å². The predicted molar refractivity (Wildman–Crippen MR) is 92.8 cm³/mol. The monoisotopic (exact) mass is 340 g/mol. The van der Waals surface area contributed by atoms with Gasteiger partial charge in [0.1, 0.15) is 5.75 Å². The first-order valence-corrected chi connectivity index (χ1v) is 7.26. The average Bonchev–Trinajstić information content (AvgIpc) is 2.61. The molecule has 0 bridgehead atoms. The van der Waals surface area contributed by atoms with Gasteiger partial charge >= 0.3 is 5.97 Å². The van der Waals surface area contributed by atoms with Gasteiger partial charge in [-0.2, -0.15) is 0 Å². The van der Waals surface area contributed by atoms with E-state index in [4.69, 9.17) is 9.84 Å². The molecule has 0 aliphatic heterocycles. The van der Waals surface area contributed by atoms with Gasteiger partial charge in [0.05, 0.1) is 18.4 Å². The van der Waals surface area contributed by atoms with Crippen LogP contribution in [0.2, 0.25) is 0 Å². The van der Waals surface area contributed by atoms with Crippen LogP contribution in [0.1, 0.15) is 10.4 Å². The molecule has 0 aliphatic carbocycles. The maximum atomic E-state index is 12.4. The zero-order valence-electron chi connectivity index (χ0n) is 13.4. The standard InChI is InChI=1S/C18H16N2O5/c1-25-13-8-6-12(7-9-13)19-18(24)14-4-2-3-5-15(14)20-16(21)10-11-17(22)23/h2-11H,1H3,(H,19,24)(H,20,21)(H,22,23). The molecule has 2 aromatic rings. The van der Waals surface area contributed by atoms with Gasteiger partial charge in [-0.05, 0) is 36.4 Å². The van der Waals surface area contributed by atoms with E-state index in [1.807, 2.05) is 0 Å². The lowest BCUT2D eigenvalue weighted by molar-refractivity contribution is -0.131. The summed E-state index contributed by atoms with van der Waals surface area (Å²) in [4.78, 5) is 34.6. The Balaban J connectivity index is 2.14. The van der Waals surface area contributed by atoms with Gasteiger partial charge in [0.15, 0.2) is 0 Å². The number of aliphatic carboxylic acids is 1. The molecule has 7 heteroatoms. The van der Waals surface area contributed by atoms with Crippen LogP contribution in [-0.4, -0.2) is 30.0 Å². The Morgan fingerprint density at radius 2 is 1.64 bits per heavy atom. The molecule has 0 aromatic heterocycles. The van der Waals surface area contributed by atoms with Crippen molar-refractivity contribution in [3.63, 3.8) is 0 Å². The van der Waals surface area contributed by atoms with Crippen LogP contribution in [0.5, 0.6) is 5.75 Å². The SMILES string of the molecule is COc1ccc(NC(=O)c2ccccc2NC(=O)C=CC(=O)O)cc1. The van der Waals surface area contributed by atoms with Gasteiger partial charge in [0, 0.05) is 17.8 Å². The highest BCUT2D eigenvalue weighted by Crippen LogP contribution is 2.19. The number of hydrogen-bond acceptors (Lipinski definition) is 4. The quantitative estimate of drug-likeness (QED) is 0.701. The molecule has 0 radical (unpaired) electrons. The van der Waals surface area contributed by atoms with Crippen LogP contribution >= 0.6 is 0 Å². The summed E-state index contributed by atoms with van der Waals surface area (Å²) >= 11 is 0. The molecule has 0 atom stereocenters. The van der Waals surface area contributed by atoms with Crippen LogP contribution in [0.15, 0.2) is 60.7 Å². The molecule has 0 saturated heterocycles.